The van der Waals surface area contributed by atoms with E-state index in [0.717, 1.165) is 12.0 Å². The lowest BCUT2D eigenvalue weighted by Gasteiger charge is -2.21. The quantitative estimate of drug-likeness (QED) is 0.805. The Bertz CT molecular complexity index is 581. The maximum Gasteiger partial charge on any atom is 0.255 e. The van der Waals surface area contributed by atoms with Gasteiger partial charge < -0.3 is 9.80 Å². The first-order valence-corrected chi connectivity index (χ1v) is 8.15. The van der Waals surface area contributed by atoms with Crippen LogP contribution in [0.4, 0.5) is 0 Å². The minimum Gasteiger partial charge on any atom is -0.337 e. The third kappa shape index (κ3) is 4.65. The molecule has 23 heavy (non-hydrogen) atoms. The van der Waals surface area contributed by atoms with Gasteiger partial charge in [-0.25, -0.2) is 0 Å². The van der Waals surface area contributed by atoms with E-state index in [-0.39, 0.29) is 11.8 Å². The Morgan fingerprint density at radius 3 is 2.52 bits per heavy atom. The van der Waals surface area contributed by atoms with Crippen molar-refractivity contribution in [2.75, 3.05) is 26.2 Å². The number of nitrogens with zero attached hydrogens (tertiary/aromatic N) is 3. The van der Waals surface area contributed by atoms with Crippen LogP contribution < -0.4 is 0 Å². The second kappa shape index (κ2) is 7.90. The summed E-state index contributed by atoms with van der Waals surface area (Å²) in [5.41, 5.74) is 1.69. The Morgan fingerprint density at radius 1 is 1.17 bits per heavy atom. The molecule has 0 saturated carbocycles. The fourth-order valence-electron chi connectivity index (χ4n) is 2.47. The summed E-state index contributed by atoms with van der Waals surface area (Å²) in [7, 11) is 0. The first kappa shape index (κ1) is 17.2. The van der Waals surface area contributed by atoms with Crippen molar-refractivity contribution in [3.8, 4) is 0 Å². The number of rotatable bonds is 3. The molecule has 0 radical (unpaired) electrons. The molecule has 5 nitrogen and oxygen atoms in total. The van der Waals surface area contributed by atoms with Crippen molar-refractivity contribution >= 4 is 11.8 Å². The third-order valence-electron chi connectivity index (χ3n) is 4.27. The highest BCUT2D eigenvalue weighted by atomic mass is 16.2. The molecule has 2 amide bonds. The fraction of sp³-hybridized carbons (Fsp3) is 0.500. The van der Waals surface area contributed by atoms with E-state index in [1.807, 2.05) is 16.7 Å². The first-order chi connectivity index (χ1) is 11.0. The van der Waals surface area contributed by atoms with E-state index in [1.54, 1.807) is 30.6 Å². The summed E-state index contributed by atoms with van der Waals surface area (Å²) >= 11 is 0. The van der Waals surface area contributed by atoms with Crippen LogP contribution in [0.5, 0.6) is 0 Å². The molecule has 1 aliphatic heterocycles. The second-order valence-corrected chi connectivity index (χ2v) is 6.26. The number of hydrogen-bond acceptors (Lipinski definition) is 3. The zero-order chi connectivity index (χ0) is 16.8. The number of aromatic nitrogens is 1. The lowest BCUT2D eigenvalue weighted by Crippen LogP contribution is -2.37. The van der Waals surface area contributed by atoms with Crippen LogP contribution in [-0.2, 0) is 4.79 Å². The summed E-state index contributed by atoms with van der Waals surface area (Å²) in [5.74, 6) is 0.405. The van der Waals surface area contributed by atoms with Crippen molar-refractivity contribution in [3.63, 3.8) is 0 Å². The molecule has 0 atom stereocenters. The van der Waals surface area contributed by atoms with Gasteiger partial charge >= 0.3 is 0 Å². The van der Waals surface area contributed by atoms with E-state index >= 15 is 0 Å². The van der Waals surface area contributed by atoms with Gasteiger partial charge in [0.1, 0.15) is 0 Å². The highest BCUT2D eigenvalue weighted by Gasteiger charge is 2.22. The highest BCUT2D eigenvalue weighted by molar-refractivity contribution is 5.94. The topological polar surface area (TPSA) is 53.5 Å². The molecule has 2 heterocycles. The lowest BCUT2D eigenvalue weighted by atomic mass is 10.1. The van der Waals surface area contributed by atoms with Gasteiger partial charge in [0.2, 0.25) is 5.91 Å². The fourth-order valence-corrected chi connectivity index (χ4v) is 2.47. The number of pyridine rings is 1. The molecule has 124 valence electrons. The van der Waals surface area contributed by atoms with Crippen LogP contribution in [0, 0.1) is 5.92 Å². The summed E-state index contributed by atoms with van der Waals surface area (Å²) in [6.07, 6.45) is 5.77. The highest BCUT2D eigenvalue weighted by Crippen LogP contribution is 2.12. The molecule has 0 unspecified atom stereocenters. The molecule has 2 rings (SSSR count). The Labute approximate surface area is 138 Å². The molecule has 0 aliphatic carbocycles. The van der Waals surface area contributed by atoms with E-state index in [2.05, 4.69) is 18.8 Å². The molecular formula is C18H25N3O2. The smallest absolute Gasteiger partial charge is 0.255 e. The van der Waals surface area contributed by atoms with Crippen LogP contribution in [0.2, 0.25) is 0 Å². The molecule has 1 aromatic heterocycles. The van der Waals surface area contributed by atoms with E-state index < -0.39 is 0 Å². The van der Waals surface area contributed by atoms with Crippen molar-refractivity contribution in [2.24, 2.45) is 5.92 Å². The van der Waals surface area contributed by atoms with Crippen molar-refractivity contribution in [1.29, 1.82) is 0 Å². The zero-order valence-corrected chi connectivity index (χ0v) is 14.2. The van der Waals surface area contributed by atoms with Gasteiger partial charge in [-0.3, -0.25) is 14.6 Å². The van der Waals surface area contributed by atoms with Gasteiger partial charge in [-0.15, -0.1) is 0 Å². The van der Waals surface area contributed by atoms with Crippen LogP contribution in [0.1, 0.15) is 37.6 Å². The summed E-state index contributed by atoms with van der Waals surface area (Å²) in [6.45, 7) is 8.65. The monoisotopic (exact) mass is 315 g/mol. The zero-order valence-electron chi connectivity index (χ0n) is 14.2. The molecule has 0 aromatic carbocycles. The molecule has 0 bridgehead atoms. The van der Waals surface area contributed by atoms with E-state index in [1.165, 1.54) is 0 Å². The Balaban J connectivity index is 1.98. The largest absolute Gasteiger partial charge is 0.337 e. The molecule has 1 saturated heterocycles. The van der Waals surface area contributed by atoms with Gasteiger partial charge in [-0.2, -0.15) is 0 Å². The lowest BCUT2D eigenvalue weighted by molar-refractivity contribution is -0.126. The molecule has 1 aliphatic rings. The summed E-state index contributed by atoms with van der Waals surface area (Å²) in [4.78, 5) is 32.5. The predicted octanol–water partition coefficient (Wildman–Crippen LogP) is 2.36. The SMILES string of the molecule is C/C(=C\C(=O)N1CCCN(C(=O)c2cccnc2)CC1)C(C)C. The standard InChI is InChI=1S/C18H25N3O2/c1-14(2)15(3)12-17(22)20-8-5-9-21(11-10-20)18(23)16-6-4-7-19-13-16/h4,6-7,12-14H,5,8-11H2,1-3H3/b15-12+. The maximum atomic E-state index is 12.5. The minimum absolute atomic E-state index is 0.0127. The molecular weight excluding hydrogens is 290 g/mol. The maximum absolute atomic E-state index is 12.5. The molecule has 5 heteroatoms. The van der Waals surface area contributed by atoms with E-state index in [9.17, 15) is 9.59 Å². The van der Waals surface area contributed by atoms with Gasteiger partial charge in [0.15, 0.2) is 0 Å². The van der Waals surface area contributed by atoms with Gasteiger partial charge in [-0.05, 0) is 31.4 Å². The van der Waals surface area contributed by atoms with Gasteiger partial charge in [0, 0.05) is 44.6 Å². The number of hydrogen-bond donors (Lipinski definition) is 0. The summed E-state index contributed by atoms with van der Waals surface area (Å²) in [5, 5.41) is 0. The van der Waals surface area contributed by atoms with Crippen molar-refractivity contribution in [3.05, 3.63) is 41.7 Å². The predicted molar refractivity (Wildman–Crippen MR) is 89.9 cm³/mol. The minimum atomic E-state index is -0.0127. The third-order valence-corrected chi connectivity index (χ3v) is 4.27. The molecule has 0 spiro atoms. The van der Waals surface area contributed by atoms with Crippen LogP contribution in [-0.4, -0.2) is 52.8 Å². The van der Waals surface area contributed by atoms with E-state index in [4.69, 9.17) is 0 Å². The van der Waals surface area contributed by atoms with Crippen molar-refractivity contribution in [2.45, 2.75) is 27.2 Å². The Hall–Kier alpha value is -2.17. The Kier molecular flexibility index (Phi) is 5.90. The van der Waals surface area contributed by atoms with Crippen LogP contribution in [0.3, 0.4) is 0 Å². The van der Waals surface area contributed by atoms with Crippen LogP contribution >= 0.6 is 0 Å². The summed E-state index contributed by atoms with van der Waals surface area (Å²) in [6, 6.07) is 3.54. The van der Waals surface area contributed by atoms with Crippen LogP contribution in [0.25, 0.3) is 0 Å². The normalized spacial score (nSPS) is 16.4. The summed E-state index contributed by atoms with van der Waals surface area (Å²) < 4.78 is 0. The van der Waals surface area contributed by atoms with Gasteiger partial charge in [0.25, 0.3) is 5.91 Å². The molecule has 0 N–H and O–H groups in total. The van der Waals surface area contributed by atoms with Gasteiger partial charge in [0.05, 0.1) is 5.56 Å². The molecule has 1 fully saturated rings. The van der Waals surface area contributed by atoms with E-state index in [0.29, 0.717) is 37.7 Å². The number of carbonyl (C=O) groups is 2. The number of carbonyl (C=O) groups excluding carboxylic acids is 2. The average molecular weight is 315 g/mol. The van der Waals surface area contributed by atoms with Crippen molar-refractivity contribution in [1.82, 2.24) is 14.8 Å². The first-order valence-electron chi connectivity index (χ1n) is 8.15. The second-order valence-electron chi connectivity index (χ2n) is 6.26. The molecule has 1 aromatic rings. The van der Waals surface area contributed by atoms with Gasteiger partial charge in [-0.1, -0.05) is 19.4 Å². The Morgan fingerprint density at radius 2 is 1.87 bits per heavy atom. The number of allylic oxidation sites excluding steroid dienone is 1. The van der Waals surface area contributed by atoms with Crippen LogP contribution in [0.15, 0.2) is 36.2 Å². The average Bonchev–Trinajstić information content (AvgIpc) is 2.81. The van der Waals surface area contributed by atoms with Crippen molar-refractivity contribution < 1.29 is 9.59 Å². The number of amides is 2.